The molecule has 1 atom stereocenters. The normalized spacial score (nSPS) is 18.8. The number of allylic oxidation sites excluding steroid dienone is 1. The third-order valence-corrected chi connectivity index (χ3v) is 6.37. The van der Waals surface area contributed by atoms with Crippen molar-refractivity contribution >= 4 is 29.3 Å². The van der Waals surface area contributed by atoms with E-state index in [2.05, 4.69) is 11.1 Å². The summed E-state index contributed by atoms with van der Waals surface area (Å²) in [5.41, 5.74) is 0.829. The molecule has 32 heavy (non-hydrogen) atoms. The third-order valence-electron chi connectivity index (χ3n) is 5.57. The molecule has 0 spiro atoms. The maximum absolute atomic E-state index is 13.4. The van der Waals surface area contributed by atoms with Crippen LogP contribution < -0.4 is 4.90 Å². The topological polar surface area (TPSA) is 77.3 Å². The summed E-state index contributed by atoms with van der Waals surface area (Å²) in [6.07, 6.45) is -1.42. The Labute approximate surface area is 186 Å². The highest BCUT2D eigenvalue weighted by Gasteiger charge is 2.45. The predicted molar refractivity (Wildman–Crippen MR) is 112 cm³/mol. The van der Waals surface area contributed by atoms with Gasteiger partial charge < -0.3 is 4.90 Å². The fraction of sp³-hybridized carbons (Fsp3) is 0.273. The van der Waals surface area contributed by atoms with Crippen molar-refractivity contribution in [3.63, 3.8) is 0 Å². The Bertz CT molecular complexity index is 1200. The van der Waals surface area contributed by atoms with Crippen LogP contribution in [0.15, 0.2) is 52.7 Å². The van der Waals surface area contributed by atoms with Crippen molar-refractivity contribution in [1.82, 2.24) is 9.88 Å². The number of hydrogen-bond donors (Lipinski definition) is 0. The molecule has 2 aromatic rings. The summed E-state index contributed by atoms with van der Waals surface area (Å²) in [7, 11) is 1.52. The van der Waals surface area contributed by atoms with Gasteiger partial charge in [0.15, 0.2) is 5.78 Å². The standard InChI is InChI=1S/C22H17F3N4O2S/c1-28-20(14-4-3-12(11-26)9-17(14)32-2)19-15(5-6-16(19)30)29(21(28)31)13-7-8-27-18(10-13)22(23,24)25/h3-4,7-10,20H,5-6H2,1-2H3. The molecule has 10 heteroatoms. The molecule has 2 heterocycles. The number of Topliss-reactive ketones (excluding diaryl/α,β-unsaturated/α-hetero) is 1. The first-order valence-electron chi connectivity index (χ1n) is 9.61. The van der Waals surface area contributed by atoms with E-state index in [-0.39, 0.29) is 24.3 Å². The van der Waals surface area contributed by atoms with Crippen LogP contribution in [0.3, 0.4) is 0 Å². The van der Waals surface area contributed by atoms with Gasteiger partial charge >= 0.3 is 12.2 Å². The van der Waals surface area contributed by atoms with Crippen LogP contribution in [0.2, 0.25) is 0 Å². The number of anilines is 1. The van der Waals surface area contributed by atoms with Crippen molar-refractivity contribution in [3.05, 3.63) is 64.6 Å². The van der Waals surface area contributed by atoms with Gasteiger partial charge in [0, 0.05) is 35.8 Å². The number of carbonyl (C=O) groups is 2. The molecule has 1 aliphatic heterocycles. The van der Waals surface area contributed by atoms with Crippen molar-refractivity contribution in [1.29, 1.82) is 5.26 Å². The molecule has 0 saturated heterocycles. The Morgan fingerprint density at radius 3 is 2.59 bits per heavy atom. The number of benzene rings is 1. The van der Waals surface area contributed by atoms with Crippen LogP contribution in [-0.4, -0.2) is 35.0 Å². The zero-order valence-corrected chi connectivity index (χ0v) is 17.9. The molecule has 164 valence electrons. The largest absolute Gasteiger partial charge is 0.433 e. The van der Waals surface area contributed by atoms with E-state index in [9.17, 15) is 28.0 Å². The molecule has 2 amide bonds. The Kier molecular flexibility index (Phi) is 5.46. The van der Waals surface area contributed by atoms with E-state index in [0.717, 1.165) is 17.2 Å². The van der Waals surface area contributed by atoms with Crippen LogP contribution in [0, 0.1) is 11.3 Å². The second kappa shape index (κ2) is 7.98. The third kappa shape index (κ3) is 3.52. The van der Waals surface area contributed by atoms with Gasteiger partial charge in [-0.15, -0.1) is 11.8 Å². The molecule has 2 aliphatic rings. The fourth-order valence-electron chi connectivity index (χ4n) is 4.13. The minimum atomic E-state index is -4.66. The zero-order valence-electron chi connectivity index (χ0n) is 17.1. The Morgan fingerprint density at radius 2 is 1.94 bits per heavy atom. The molecule has 1 aromatic carbocycles. The van der Waals surface area contributed by atoms with Gasteiger partial charge in [0.1, 0.15) is 5.69 Å². The maximum Gasteiger partial charge on any atom is 0.433 e. The van der Waals surface area contributed by atoms with Crippen LogP contribution in [0.25, 0.3) is 0 Å². The molecule has 0 bridgehead atoms. The minimum absolute atomic E-state index is 0.00902. The van der Waals surface area contributed by atoms with Crippen LogP contribution in [0.5, 0.6) is 0 Å². The summed E-state index contributed by atoms with van der Waals surface area (Å²) in [5.74, 6) is -0.157. The smallest absolute Gasteiger partial charge is 0.316 e. The average Bonchev–Trinajstić information content (AvgIpc) is 3.14. The Hall–Kier alpha value is -3.32. The first kappa shape index (κ1) is 21.9. The van der Waals surface area contributed by atoms with Gasteiger partial charge in [-0.3, -0.25) is 14.7 Å². The summed E-state index contributed by atoms with van der Waals surface area (Å²) < 4.78 is 39.6. The highest BCUT2D eigenvalue weighted by atomic mass is 32.2. The lowest BCUT2D eigenvalue weighted by Crippen LogP contribution is -2.48. The van der Waals surface area contributed by atoms with Crippen molar-refractivity contribution in [3.8, 4) is 6.07 Å². The van der Waals surface area contributed by atoms with E-state index in [0.29, 0.717) is 22.4 Å². The summed E-state index contributed by atoms with van der Waals surface area (Å²) in [4.78, 5) is 32.9. The Morgan fingerprint density at radius 1 is 1.19 bits per heavy atom. The number of urea groups is 1. The number of alkyl halides is 3. The molecule has 1 aliphatic carbocycles. The summed E-state index contributed by atoms with van der Waals surface area (Å²) in [6.45, 7) is 0. The molecule has 6 nitrogen and oxygen atoms in total. The van der Waals surface area contributed by atoms with Gasteiger partial charge in [-0.25, -0.2) is 4.79 Å². The number of amides is 2. The van der Waals surface area contributed by atoms with E-state index >= 15 is 0 Å². The van der Waals surface area contributed by atoms with Gasteiger partial charge in [-0.05, 0) is 42.5 Å². The van der Waals surface area contributed by atoms with Gasteiger partial charge in [0.25, 0.3) is 0 Å². The van der Waals surface area contributed by atoms with Crippen molar-refractivity contribution in [2.24, 2.45) is 0 Å². The number of carbonyl (C=O) groups excluding carboxylic acids is 2. The van der Waals surface area contributed by atoms with Crippen molar-refractivity contribution in [2.45, 2.75) is 30.0 Å². The minimum Gasteiger partial charge on any atom is -0.316 e. The van der Waals surface area contributed by atoms with Gasteiger partial charge in [0.05, 0.1) is 23.4 Å². The fourth-order valence-corrected chi connectivity index (χ4v) is 4.79. The summed E-state index contributed by atoms with van der Waals surface area (Å²) in [6, 6.07) is 8.02. The second-order valence-corrected chi connectivity index (χ2v) is 8.23. The molecule has 4 rings (SSSR count). The number of nitrogens with zero attached hydrogens (tertiary/aromatic N) is 4. The number of ketones is 1. The highest BCUT2D eigenvalue weighted by molar-refractivity contribution is 7.98. The van der Waals surface area contributed by atoms with Gasteiger partial charge in [-0.2, -0.15) is 18.4 Å². The van der Waals surface area contributed by atoms with Crippen LogP contribution in [-0.2, 0) is 11.0 Å². The number of hydrogen-bond acceptors (Lipinski definition) is 5. The molecule has 0 fully saturated rings. The van der Waals surface area contributed by atoms with E-state index in [1.54, 1.807) is 18.2 Å². The molecular formula is C22H17F3N4O2S. The SMILES string of the molecule is CSc1cc(C#N)ccc1C1C2=C(CCC2=O)N(c2ccnc(C(F)(F)F)c2)C(=O)N1C. The quantitative estimate of drug-likeness (QED) is 0.610. The van der Waals surface area contributed by atoms with Gasteiger partial charge in [-0.1, -0.05) is 6.07 Å². The molecular weight excluding hydrogens is 441 g/mol. The molecule has 0 N–H and O–H groups in total. The number of halogens is 3. The lowest BCUT2D eigenvalue weighted by Gasteiger charge is -2.40. The summed E-state index contributed by atoms with van der Waals surface area (Å²) in [5, 5.41) is 9.21. The first-order chi connectivity index (χ1) is 15.2. The lowest BCUT2D eigenvalue weighted by atomic mass is 9.92. The molecule has 0 radical (unpaired) electrons. The molecule has 0 saturated carbocycles. The lowest BCUT2D eigenvalue weighted by molar-refractivity contribution is -0.141. The van der Waals surface area contributed by atoms with E-state index in [1.165, 1.54) is 34.7 Å². The van der Waals surface area contributed by atoms with E-state index < -0.39 is 23.9 Å². The summed E-state index contributed by atoms with van der Waals surface area (Å²) >= 11 is 1.39. The van der Waals surface area contributed by atoms with E-state index in [4.69, 9.17) is 0 Å². The van der Waals surface area contributed by atoms with Crippen molar-refractivity contribution < 1.29 is 22.8 Å². The van der Waals surface area contributed by atoms with Gasteiger partial charge in [0.2, 0.25) is 0 Å². The number of nitriles is 1. The van der Waals surface area contributed by atoms with Crippen LogP contribution in [0.4, 0.5) is 23.7 Å². The average molecular weight is 458 g/mol. The maximum atomic E-state index is 13.4. The number of likely N-dealkylation sites (N-methyl/N-ethyl adjacent to an activating group) is 1. The van der Waals surface area contributed by atoms with E-state index in [1.807, 2.05) is 6.26 Å². The molecule has 1 aromatic heterocycles. The van der Waals surface area contributed by atoms with Crippen molar-refractivity contribution in [2.75, 3.05) is 18.2 Å². The van der Waals surface area contributed by atoms with Crippen LogP contribution >= 0.6 is 11.8 Å². The second-order valence-electron chi connectivity index (χ2n) is 7.38. The number of pyridine rings is 1. The molecule has 1 unspecified atom stereocenters. The highest BCUT2D eigenvalue weighted by Crippen LogP contribution is 2.46. The monoisotopic (exact) mass is 458 g/mol. The number of thioether (sulfide) groups is 1. The zero-order chi connectivity index (χ0) is 23.2. The number of rotatable bonds is 3. The van der Waals surface area contributed by atoms with Crippen LogP contribution in [0.1, 0.15) is 35.7 Å². The number of aromatic nitrogens is 1. The first-order valence-corrected chi connectivity index (χ1v) is 10.8. The Balaban J connectivity index is 1.89. The predicted octanol–water partition coefficient (Wildman–Crippen LogP) is 4.92.